The first kappa shape index (κ1) is 24.8. The van der Waals surface area contributed by atoms with Crippen LogP contribution < -0.4 is 10.6 Å². The summed E-state index contributed by atoms with van der Waals surface area (Å²) in [6, 6.07) is 0. The molecule has 7 nitrogen and oxygen atoms in total. The Morgan fingerprint density at radius 3 is 2.78 bits per heavy atom. The van der Waals surface area contributed by atoms with Crippen molar-refractivity contribution in [3.05, 3.63) is 56.9 Å². The largest absolute Gasteiger partial charge is 0.373 e. The highest BCUT2D eigenvalue weighted by molar-refractivity contribution is 6.28. The van der Waals surface area contributed by atoms with E-state index >= 15 is 4.39 Å². The van der Waals surface area contributed by atoms with E-state index in [0.717, 1.165) is 47.1 Å². The van der Waals surface area contributed by atoms with Crippen LogP contribution in [0.25, 0.3) is 5.57 Å². The molecule has 1 atom stereocenters. The topological polar surface area (TPSA) is 89.0 Å². The molecule has 3 aliphatic rings. The van der Waals surface area contributed by atoms with Crippen LogP contribution in [0.2, 0.25) is 5.28 Å². The first-order chi connectivity index (χ1) is 17.4. The number of hydrogen-bond donors (Lipinski definition) is 2. The fourth-order valence-electron chi connectivity index (χ4n) is 4.93. The lowest BCUT2D eigenvalue weighted by atomic mass is 9.77. The second-order valence-electron chi connectivity index (χ2n) is 9.85. The quantitative estimate of drug-likeness (QED) is 0.444. The monoisotopic (exact) mass is 511 g/mol. The van der Waals surface area contributed by atoms with Crippen LogP contribution in [0.1, 0.15) is 69.6 Å². The average Bonchev–Trinajstić information content (AvgIpc) is 3.69. The standard InChI is InChI=1S/C27H31ClFN5O2/c1-4-5-19-20(21-15(3)14(2)10-31-26(21)35)9-6-16-11-30-25(23(29)22(16)19)33-24-17(12-32-27(28)34-24)13-36-18-7-8-18/h11-12,14,18H,4-10,13H2,1-3H3,(H,31,35)(H,30,32,33,34). The summed E-state index contributed by atoms with van der Waals surface area (Å²) in [6.45, 7) is 7.13. The van der Waals surface area contributed by atoms with Crippen molar-refractivity contribution >= 4 is 34.7 Å². The Bertz CT molecular complexity index is 1270. The molecule has 2 aliphatic carbocycles. The third-order valence-electron chi connectivity index (χ3n) is 7.21. The molecule has 2 aromatic rings. The van der Waals surface area contributed by atoms with E-state index in [0.29, 0.717) is 49.4 Å². The molecule has 1 amide bonds. The maximum atomic E-state index is 16.2. The Morgan fingerprint density at radius 2 is 2.03 bits per heavy atom. The van der Waals surface area contributed by atoms with E-state index in [4.69, 9.17) is 16.3 Å². The molecule has 1 fully saturated rings. The molecule has 190 valence electrons. The number of hydrogen-bond acceptors (Lipinski definition) is 6. The maximum absolute atomic E-state index is 16.2. The Morgan fingerprint density at radius 1 is 1.22 bits per heavy atom. The lowest BCUT2D eigenvalue weighted by Gasteiger charge is -2.30. The molecule has 0 spiro atoms. The first-order valence-corrected chi connectivity index (χ1v) is 13.0. The van der Waals surface area contributed by atoms with E-state index in [9.17, 15) is 4.79 Å². The molecule has 9 heteroatoms. The predicted molar refractivity (Wildman–Crippen MR) is 137 cm³/mol. The summed E-state index contributed by atoms with van der Waals surface area (Å²) < 4.78 is 22.0. The van der Waals surface area contributed by atoms with Crippen molar-refractivity contribution < 1.29 is 13.9 Å². The summed E-state index contributed by atoms with van der Waals surface area (Å²) in [4.78, 5) is 25.7. The molecule has 1 unspecified atom stereocenters. The van der Waals surface area contributed by atoms with Crippen molar-refractivity contribution in [2.75, 3.05) is 11.9 Å². The van der Waals surface area contributed by atoms with E-state index in [1.54, 1.807) is 12.4 Å². The van der Waals surface area contributed by atoms with Crippen LogP contribution in [0.15, 0.2) is 29.1 Å². The molecule has 0 aromatic carbocycles. The van der Waals surface area contributed by atoms with Gasteiger partial charge in [0.15, 0.2) is 11.6 Å². The molecule has 0 bridgehead atoms. The van der Waals surface area contributed by atoms with Crippen LogP contribution in [0.5, 0.6) is 0 Å². The van der Waals surface area contributed by atoms with Gasteiger partial charge in [-0.15, -0.1) is 0 Å². The van der Waals surface area contributed by atoms with Gasteiger partial charge in [0.1, 0.15) is 5.82 Å². The smallest absolute Gasteiger partial charge is 0.251 e. The summed E-state index contributed by atoms with van der Waals surface area (Å²) in [5, 5.41) is 6.10. The van der Waals surface area contributed by atoms with Crippen molar-refractivity contribution in [3.63, 3.8) is 0 Å². The highest BCUT2D eigenvalue weighted by atomic mass is 35.5. The SMILES string of the molecule is CCCC1=C(C2=C(C)C(C)CNC2=O)CCc2cnc(Nc3nc(Cl)ncc3COC3CC3)c(F)c21. The zero-order chi connectivity index (χ0) is 25.4. The van der Waals surface area contributed by atoms with Gasteiger partial charge in [0.05, 0.1) is 12.7 Å². The number of anilines is 2. The Balaban J connectivity index is 1.56. The molecule has 0 radical (unpaired) electrons. The van der Waals surface area contributed by atoms with Crippen LogP contribution in [-0.4, -0.2) is 33.5 Å². The summed E-state index contributed by atoms with van der Waals surface area (Å²) in [6.07, 6.45) is 8.46. The fraction of sp³-hybridized carbons (Fsp3) is 0.481. The van der Waals surface area contributed by atoms with Crippen LogP contribution in [0.3, 0.4) is 0 Å². The Kier molecular flexibility index (Phi) is 7.08. The second-order valence-corrected chi connectivity index (χ2v) is 10.2. The van der Waals surface area contributed by atoms with Crippen LogP contribution in [0, 0.1) is 11.7 Å². The van der Waals surface area contributed by atoms with E-state index in [2.05, 4.69) is 39.4 Å². The van der Waals surface area contributed by atoms with Crippen LogP contribution in [0.4, 0.5) is 16.0 Å². The molecule has 2 aromatic heterocycles. The molecule has 3 heterocycles. The number of fused-ring (bicyclic) bond motifs is 1. The van der Waals surface area contributed by atoms with Gasteiger partial charge in [0.25, 0.3) is 5.91 Å². The van der Waals surface area contributed by atoms with Gasteiger partial charge in [-0.05, 0) is 73.3 Å². The number of carbonyl (C=O) groups excluding carboxylic acids is 1. The second kappa shape index (κ2) is 10.3. The van der Waals surface area contributed by atoms with Gasteiger partial charge < -0.3 is 15.4 Å². The van der Waals surface area contributed by atoms with Gasteiger partial charge in [-0.2, -0.15) is 0 Å². The molecule has 1 saturated carbocycles. The van der Waals surface area contributed by atoms with E-state index in [-0.39, 0.29) is 29.0 Å². The number of nitrogens with one attached hydrogen (secondary N) is 2. The zero-order valence-electron chi connectivity index (χ0n) is 20.9. The van der Waals surface area contributed by atoms with Crippen molar-refractivity contribution in [1.82, 2.24) is 20.3 Å². The number of allylic oxidation sites excluding steroid dienone is 1. The van der Waals surface area contributed by atoms with Crippen molar-refractivity contribution in [1.29, 1.82) is 0 Å². The first-order valence-electron chi connectivity index (χ1n) is 12.7. The summed E-state index contributed by atoms with van der Waals surface area (Å²) in [7, 11) is 0. The number of amides is 1. The summed E-state index contributed by atoms with van der Waals surface area (Å²) in [5.41, 5.74) is 5.70. The Labute approximate surface area is 215 Å². The van der Waals surface area contributed by atoms with Crippen LogP contribution >= 0.6 is 11.6 Å². The summed E-state index contributed by atoms with van der Waals surface area (Å²) in [5.74, 6) is 0.171. The molecular weight excluding hydrogens is 481 g/mol. The molecule has 0 saturated heterocycles. The number of nitrogens with zero attached hydrogens (tertiary/aromatic N) is 3. The number of halogens is 2. The predicted octanol–water partition coefficient (Wildman–Crippen LogP) is 5.67. The van der Waals surface area contributed by atoms with Gasteiger partial charge in [-0.1, -0.05) is 25.8 Å². The Hall–Kier alpha value is -2.84. The third kappa shape index (κ3) is 4.89. The minimum Gasteiger partial charge on any atom is -0.373 e. The van der Waals surface area contributed by atoms with E-state index in [1.807, 2.05) is 6.92 Å². The number of ether oxygens (including phenoxy) is 1. The van der Waals surface area contributed by atoms with Crippen LogP contribution in [-0.2, 0) is 22.6 Å². The highest BCUT2D eigenvalue weighted by Crippen LogP contribution is 2.42. The van der Waals surface area contributed by atoms with Gasteiger partial charge in [0, 0.05) is 35.6 Å². The number of aryl methyl sites for hydroxylation is 1. The number of rotatable bonds is 8. The van der Waals surface area contributed by atoms with Gasteiger partial charge >= 0.3 is 0 Å². The summed E-state index contributed by atoms with van der Waals surface area (Å²) >= 11 is 6.05. The maximum Gasteiger partial charge on any atom is 0.251 e. The zero-order valence-corrected chi connectivity index (χ0v) is 21.6. The average molecular weight is 512 g/mol. The van der Waals surface area contributed by atoms with Gasteiger partial charge in [-0.3, -0.25) is 4.79 Å². The molecular formula is C27H31ClFN5O2. The minimum atomic E-state index is -0.445. The lowest BCUT2D eigenvalue weighted by Crippen LogP contribution is -2.37. The molecule has 1 aliphatic heterocycles. The normalized spacial score (nSPS) is 19.9. The molecule has 5 rings (SSSR count). The number of pyridine rings is 1. The molecule has 2 N–H and O–H groups in total. The van der Waals surface area contributed by atoms with Gasteiger partial charge in [0.2, 0.25) is 5.28 Å². The molecule has 36 heavy (non-hydrogen) atoms. The van der Waals surface area contributed by atoms with E-state index in [1.165, 1.54) is 0 Å². The van der Waals surface area contributed by atoms with Crippen molar-refractivity contribution in [2.24, 2.45) is 5.92 Å². The van der Waals surface area contributed by atoms with E-state index < -0.39 is 5.82 Å². The number of carbonyl (C=O) groups is 1. The fourth-order valence-corrected chi connectivity index (χ4v) is 5.06. The number of aromatic nitrogens is 3. The highest BCUT2D eigenvalue weighted by Gasteiger charge is 2.32. The van der Waals surface area contributed by atoms with Gasteiger partial charge in [-0.25, -0.2) is 19.3 Å². The van der Waals surface area contributed by atoms with Crippen molar-refractivity contribution in [2.45, 2.75) is 72.0 Å². The lowest BCUT2D eigenvalue weighted by molar-refractivity contribution is -0.117. The van der Waals surface area contributed by atoms with Crippen molar-refractivity contribution in [3.8, 4) is 0 Å². The minimum absolute atomic E-state index is 0.0553. The third-order valence-corrected chi connectivity index (χ3v) is 7.39.